The average molecular weight is 464 g/mol. The van der Waals surface area contributed by atoms with E-state index in [4.69, 9.17) is 9.72 Å². The van der Waals surface area contributed by atoms with Gasteiger partial charge in [-0.05, 0) is 61.7 Å². The first-order valence-electron chi connectivity index (χ1n) is 11.1. The van der Waals surface area contributed by atoms with Gasteiger partial charge in [-0.25, -0.2) is 9.88 Å². The monoisotopic (exact) mass is 463 g/mol. The predicted octanol–water partition coefficient (Wildman–Crippen LogP) is 3.93. The third kappa shape index (κ3) is 4.16. The Hall–Kier alpha value is -3.10. The number of rotatable bonds is 5. The molecule has 3 aromatic rings. The van der Waals surface area contributed by atoms with Crippen LogP contribution in [0.4, 0.5) is 5.69 Å². The molecule has 0 N–H and O–H groups in total. The Labute approximate surface area is 196 Å². The fourth-order valence-electron chi connectivity index (χ4n) is 4.52. The lowest BCUT2D eigenvalue weighted by Crippen LogP contribution is -2.47. The molecule has 1 aromatic heterocycles. The Balaban J connectivity index is 1.36. The molecule has 2 unspecified atom stereocenters. The number of aromatic nitrogens is 1. The molecule has 33 heavy (non-hydrogen) atoms. The van der Waals surface area contributed by atoms with Crippen LogP contribution >= 0.6 is 11.3 Å². The van der Waals surface area contributed by atoms with Gasteiger partial charge in [-0.3, -0.25) is 14.4 Å². The summed E-state index contributed by atoms with van der Waals surface area (Å²) in [5.41, 5.74) is 3.58. The number of thiazole rings is 1. The molecule has 2 fully saturated rings. The highest BCUT2D eigenvalue weighted by Crippen LogP contribution is 2.33. The number of imide groups is 1. The van der Waals surface area contributed by atoms with Crippen LogP contribution in [-0.4, -0.2) is 52.9 Å². The van der Waals surface area contributed by atoms with Crippen molar-refractivity contribution in [3.8, 4) is 10.6 Å². The summed E-state index contributed by atoms with van der Waals surface area (Å²) in [6.45, 7) is 4.49. The van der Waals surface area contributed by atoms with Gasteiger partial charge in [0.2, 0.25) is 11.8 Å². The van der Waals surface area contributed by atoms with Gasteiger partial charge in [0.25, 0.3) is 5.91 Å². The zero-order valence-corrected chi connectivity index (χ0v) is 19.4. The molecule has 0 aliphatic carbocycles. The molecule has 0 spiro atoms. The highest BCUT2D eigenvalue weighted by Gasteiger charge is 2.44. The van der Waals surface area contributed by atoms with Crippen molar-refractivity contribution in [2.75, 3.05) is 18.1 Å². The van der Waals surface area contributed by atoms with Crippen LogP contribution in [0.25, 0.3) is 20.8 Å². The maximum atomic E-state index is 13.2. The van der Waals surface area contributed by atoms with Crippen molar-refractivity contribution < 1.29 is 19.1 Å². The van der Waals surface area contributed by atoms with Crippen LogP contribution < -0.4 is 4.90 Å². The molecule has 3 amide bonds. The molecule has 2 atom stereocenters. The van der Waals surface area contributed by atoms with Crippen molar-refractivity contribution in [1.82, 2.24) is 9.88 Å². The summed E-state index contributed by atoms with van der Waals surface area (Å²) in [5.74, 6) is -0.886. The molecule has 170 valence electrons. The molecule has 0 radical (unpaired) electrons. The van der Waals surface area contributed by atoms with Crippen molar-refractivity contribution in [3.05, 3.63) is 48.0 Å². The second-order valence-electron chi connectivity index (χ2n) is 8.63. The van der Waals surface area contributed by atoms with Crippen molar-refractivity contribution in [2.24, 2.45) is 0 Å². The van der Waals surface area contributed by atoms with Crippen molar-refractivity contribution >= 4 is 45.0 Å². The smallest absolute Gasteiger partial charge is 0.257 e. The van der Waals surface area contributed by atoms with E-state index in [-0.39, 0.29) is 30.2 Å². The van der Waals surface area contributed by atoms with Crippen LogP contribution in [0.3, 0.4) is 0 Å². The van der Waals surface area contributed by atoms with E-state index in [0.717, 1.165) is 33.6 Å². The number of hydrogen-bond donors (Lipinski definition) is 0. The number of benzene rings is 2. The maximum Gasteiger partial charge on any atom is 0.257 e. The topological polar surface area (TPSA) is 79.8 Å². The second-order valence-corrected chi connectivity index (χ2v) is 9.66. The minimum absolute atomic E-state index is 0.00982. The standard InChI is InChI=1S/C25H25N3O4S/c1-15-5-10-20-22(12-15)33-24(26-20)17-6-8-18(9-7-17)28-23(30)13-21(25(28)31)27(16(2)29)14-19-4-3-11-32-19/h5-10,12,19,21H,3-4,11,13-14H2,1-2H3. The largest absolute Gasteiger partial charge is 0.376 e. The zero-order valence-electron chi connectivity index (χ0n) is 18.6. The van der Waals surface area contributed by atoms with Gasteiger partial charge in [-0.1, -0.05) is 6.07 Å². The molecule has 0 saturated carbocycles. The number of anilines is 1. The molecule has 2 aromatic carbocycles. The summed E-state index contributed by atoms with van der Waals surface area (Å²) in [7, 11) is 0. The highest BCUT2D eigenvalue weighted by atomic mass is 32.1. The van der Waals surface area contributed by atoms with E-state index in [1.165, 1.54) is 22.3 Å². The van der Waals surface area contributed by atoms with Crippen molar-refractivity contribution in [1.29, 1.82) is 0 Å². The molecule has 8 heteroatoms. The first kappa shape index (κ1) is 21.7. The number of ether oxygens (including phenoxy) is 1. The number of carbonyl (C=O) groups is 3. The molecule has 3 heterocycles. The van der Waals surface area contributed by atoms with Crippen LogP contribution in [-0.2, 0) is 19.1 Å². The van der Waals surface area contributed by atoms with E-state index in [1.54, 1.807) is 23.5 Å². The third-order valence-corrected chi connectivity index (χ3v) is 7.31. The van der Waals surface area contributed by atoms with E-state index in [9.17, 15) is 14.4 Å². The van der Waals surface area contributed by atoms with Crippen molar-refractivity contribution in [3.63, 3.8) is 0 Å². The number of carbonyl (C=O) groups excluding carboxylic acids is 3. The number of aryl methyl sites for hydroxylation is 1. The Kier molecular flexibility index (Phi) is 5.72. The number of hydrogen-bond acceptors (Lipinski definition) is 6. The quantitative estimate of drug-likeness (QED) is 0.536. The predicted molar refractivity (Wildman–Crippen MR) is 127 cm³/mol. The minimum Gasteiger partial charge on any atom is -0.376 e. The fraction of sp³-hybridized carbons (Fsp3) is 0.360. The summed E-state index contributed by atoms with van der Waals surface area (Å²) in [6.07, 6.45) is 1.71. The molecule has 0 bridgehead atoms. The minimum atomic E-state index is -0.786. The Morgan fingerprint density at radius 1 is 1.21 bits per heavy atom. The second kappa shape index (κ2) is 8.68. The summed E-state index contributed by atoms with van der Waals surface area (Å²) in [5, 5.41) is 0.887. The summed E-state index contributed by atoms with van der Waals surface area (Å²) >= 11 is 1.61. The van der Waals surface area contributed by atoms with Crippen LogP contribution in [0.15, 0.2) is 42.5 Å². The maximum absolute atomic E-state index is 13.2. The Morgan fingerprint density at radius 3 is 2.70 bits per heavy atom. The normalized spacial score (nSPS) is 20.7. The molecular weight excluding hydrogens is 438 g/mol. The van der Waals surface area contributed by atoms with Crippen LogP contribution in [0.5, 0.6) is 0 Å². The van der Waals surface area contributed by atoms with E-state index in [2.05, 4.69) is 13.0 Å². The van der Waals surface area contributed by atoms with Crippen LogP contribution in [0.2, 0.25) is 0 Å². The first-order chi connectivity index (χ1) is 15.9. The van der Waals surface area contributed by atoms with Gasteiger partial charge in [0.05, 0.1) is 28.4 Å². The molecule has 7 nitrogen and oxygen atoms in total. The number of fused-ring (bicyclic) bond motifs is 1. The van der Waals surface area contributed by atoms with E-state index in [1.807, 2.05) is 24.3 Å². The van der Waals surface area contributed by atoms with Crippen LogP contribution in [0, 0.1) is 6.92 Å². The van der Waals surface area contributed by atoms with Gasteiger partial charge in [0, 0.05) is 25.6 Å². The Bertz CT molecular complexity index is 1230. The average Bonchev–Trinajstić information content (AvgIpc) is 3.51. The summed E-state index contributed by atoms with van der Waals surface area (Å²) in [6, 6.07) is 12.7. The van der Waals surface area contributed by atoms with Gasteiger partial charge >= 0.3 is 0 Å². The zero-order chi connectivity index (χ0) is 23.1. The van der Waals surface area contributed by atoms with Gasteiger partial charge in [-0.2, -0.15) is 0 Å². The number of nitrogens with zero attached hydrogens (tertiary/aromatic N) is 3. The molecule has 2 saturated heterocycles. The van der Waals surface area contributed by atoms with Gasteiger partial charge in [0.1, 0.15) is 11.0 Å². The van der Waals surface area contributed by atoms with Gasteiger partial charge < -0.3 is 9.64 Å². The van der Waals surface area contributed by atoms with Gasteiger partial charge in [-0.15, -0.1) is 11.3 Å². The molecule has 2 aliphatic rings. The van der Waals surface area contributed by atoms with Crippen LogP contribution in [0.1, 0.15) is 31.7 Å². The lowest BCUT2D eigenvalue weighted by atomic mass is 10.1. The summed E-state index contributed by atoms with van der Waals surface area (Å²) < 4.78 is 6.76. The van der Waals surface area contributed by atoms with E-state index in [0.29, 0.717) is 18.8 Å². The molecule has 5 rings (SSSR count). The van der Waals surface area contributed by atoms with Gasteiger partial charge in [0.15, 0.2) is 0 Å². The van der Waals surface area contributed by atoms with Crippen molar-refractivity contribution in [2.45, 2.75) is 45.3 Å². The number of amides is 3. The molecule has 2 aliphatic heterocycles. The van der Waals surface area contributed by atoms with E-state index >= 15 is 0 Å². The lowest BCUT2D eigenvalue weighted by Gasteiger charge is -2.28. The lowest BCUT2D eigenvalue weighted by molar-refractivity contribution is -0.138. The third-order valence-electron chi connectivity index (χ3n) is 6.24. The highest BCUT2D eigenvalue weighted by molar-refractivity contribution is 7.21. The first-order valence-corrected chi connectivity index (χ1v) is 12.0. The summed E-state index contributed by atoms with van der Waals surface area (Å²) in [4.78, 5) is 45.7. The fourth-order valence-corrected chi connectivity index (χ4v) is 5.59. The SMILES string of the molecule is CC(=O)N(CC1CCCO1)C1CC(=O)N(c2ccc(-c3nc4ccc(C)cc4s3)cc2)C1=O. The molecular formula is C25H25N3O4S. The Morgan fingerprint density at radius 2 is 2.00 bits per heavy atom. The van der Waals surface area contributed by atoms with E-state index < -0.39 is 6.04 Å².